The van der Waals surface area contributed by atoms with Crippen molar-refractivity contribution in [1.29, 1.82) is 0 Å². The van der Waals surface area contributed by atoms with E-state index in [1.165, 1.54) is 7.11 Å². The van der Waals surface area contributed by atoms with Gasteiger partial charge in [0.25, 0.3) is 0 Å². The first kappa shape index (κ1) is 10.5. The molecule has 1 aromatic carbocycles. The van der Waals surface area contributed by atoms with Crippen LogP contribution in [-0.4, -0.2) is 13.1 Å². The Morgan fingerprint density at radius 1 is 1.54 bits per heavy atom. The third kappa shape index (κ3) is 2.41. The zero-order chi connectivity index (χ0) is 9.84. The highest BCUT2D eigenvalue weighted by Gasteiger charge is 2.17. The van der Waals surface area contributed by atoms with Crippen LogP contribution in [0.5, 0.6) is 0 Å². The molecule has 0 aliphatic heterocycles. The number of esters is 1. The van der Waals surface area contributed by atoms with Crippen molar-refractivity contribution in [3.8, 4) is 0 Å². The van der Waals surface area contributed by atoms with Gasteiger partial charge in [-0.15, -0.1) is 0 Å². The first-order valence-electron chi connectivity index (χ1n) is 3.74. The number of ether oxygens (including phenoxy) is 1. The smallest absolute Gasteiger partial charge is 0.327 e. The molecule has 0 unspecified atom stereocenters. The summed E-state index contributed by atoms with van der Waals surface area (Å²) < 4.78 is 5.52. The number of benzene rings is 1. The summed E-state index contributed by atoms with van der Waals surface area (Å²) >= 11 is 2.14. The molecule has 1 rings (SSSR count). The number of rotatable bonds is 2. The Morgan fingerprint density at radius 2 is 2.15 bits per heavy atom. The van der Waals surface area contributed by atoms with Gasteiger partial charge >= 0.3 is 5.97 Å². The van der Waals surface area contributed by atoms with Crippen LogP contribution >= 0.6 is 22.6 Å². The summed E-state index contributed by atoms with van der Waals surface area (Å²) in [7, 11) is 1.33. The summed E-state index contributed by atoms with van der Waals surface area (Å²) in [5, 5.41) is 0. The molecule has 0 aliphatic rings. The zero-order valence-corrected chi connectivity index (χ0v) is 9.32. The number of carbonyl (C=O) groups excluding carboxylic acids is 1. The van der Waals surface area contributed by atoms with Gasteiger partial charge in [0, 0.05) is 3.57 Å². The van der Waals surface area contributed by atoms with Crippen molar-refractivity contribution in [2.45, 2.75) is 6.04 Å². The van der Waals surface area contributed by atoms with E-state index in [2.05, 4.69) is 27.3 Å². The molecule has 4 heteroatoms. The van der Waals surface area contributed by atoms with Crippen molar-refractivity contribution >= 4 is 28.6 Å². The van der Waals surface area contributed by atoms with E-state index in [1.807, 2.05) is 24.3 Å². The number of hydrogen-bond donors (Lipinski definition) is 1. The molecule has 0 amide bonds. The Morgan fingerprint density at radius 3 is 2.69 bits per heavy atom. The van der Waals surface area contributed by atoms with E-state index in [1.54, 1.807) is 0 Å². The molecule has 2 N–H and O–H groups in total. The third-order valence-corrected chi connectivity index (χ3v) is 2.68. The van der Waals surface area contributed by atoms with Crippen molar-refractivity contribution in [3.05, 3.63) is 33.4 Å². The molecule has 0 bridgehead atoms. The van der Waals surface area contributed by atoms with E-state index in [-0.39, 0.29) is 0 Å². The first-order valence-corrected chi connectivity index (χ1v) is 4.82. The Labute approximate surface area is 90.4 Å². The second-order valence-electron chi connectivity index (χ2n) is 2.52. The molecule has 0 aliphatic carbocycles. The molecule has 0 fully saturated rings. The van der Waals surface area contributed by atoms with Gasteiger partial charge in [-0.2, -0.15) is 0 Å². The maximum absolute atomic E-state index is 11.1. The summed E-state index contributed by atoms with van der Waals surface area (Å²) in [5.74, 6) is -0.413. The van der Waals surface area contributed by atoms with Crippen molar-refractivity contribution in [1.82, 2.24) is 0 Å². The highest BCUT2D eigenvalue weighted by molar-refractivity contribution is 14.1. The van der Waals surface area contributed by atoms with Gasteiger partial charge in [0.15, 0.2) is 0 Å². The molecule has 0 spiro atoms. The average Bonchev–Trinajstić information content (AvgIpc) is 2.16. The Balaban J connectivity index is 2.95. The topological polar surface area (TPSA) is 52.3 Å². The lowest BCUT2D eigenvalue weighted by Crippen LogP contribution is -2.23. The van der Waals surface area contributed by atoms with Crippen molar-refractivity contribution in [3.63, 3.8) is 0 Å². The molecule has 0 saturated heterocycles. The fourth-order valence-electron chi connectivity index (χ4n) is 0.981. The van der Waals surface area contributed by atoms with Gasteiger partial charge < -0.3 is 10.5 Å². The Kier molecular flexibility index (Phi) is 3.68. The van der Waals surface area contributed by atoms with Crippen LogP contribution < -0.4 is 5.73 Å². The molecular formula is C9H10INO2. The van der Waals surface area contributed by atoms with E-state index < -0.39 is 12.0 Å². The minimum Gasteiger partial charge on any atom is -0.468 e. The lowest BCUT2D eigenvalue weighted by atomic mass is 10.1. The third-order valence-electron chi connectivity index (χ3n) is 1.70. The maximum atomic E-state index is 11.1. The molecular weight excluding hydrogens is 281 g/mol. The Bertz CT molecular complexity index is 314. The minimum atomic E-state index is -0.682. The van der Waals surface area contributed by atoms with Gasteiger partial charge in [0.1, 0.15) is 6.04 Å². The molecule has 0 saturated carbocycles. The van der Waals surface area contributed by atoms with Gasteiger partial charge in [-0.05, 0) is 34.2 Å². The number of carbonyl (C=O) groups is 1. The van der Waals surface area contributed by atoms with E-state index in [0.717, 1.165) is 9.13 Å². The quantitative estimate of drug-likeness (QED) is 0.663. The lowest BCUT2D eigenvalue weighted by molar-refractivity contribution is -0.142. The van der Waals surface area contributed by atoms with Crippen LogP contribution in [0.3, 0.4) is 0 Å². The van der Waals surface area contributed by atoms with Crippen LogP contribution in [0.15, 0.2) is 24.3 Å². The van der Waals surface area contributed by atoms with Gasteiger partial charge in [-0.1, -0.05) is 18.2 Å². The van der Waals surface area contributed by atoms with E-state index >= 15 is 0 Å². The predicted molar refractivity (Wildman–Crippen MR) is 58.1 cm³/mol. The molecule has 0 radical (unpaired) electrons. The van der Waals surface area contributed by atoms with Crippen LogP contribution in [0.4, 0.5) is 0 Å². The summed E-state index contributed by atoms with van der Waals surface area (Å²) in [5.41, 5.74) is 6.47. The van der Waals surface area contributed by atoms with Crippen LogP contribution in [-0.2, 0) is 9.53 Å². The molecule has 1 aromatic rings. The van der Waals surface area contributed by atoms with E-state index in [9.17, 15) is 4.79 Å². The highest BCUT2D eigenvalue weighted by atomic mass is 127. The molecule has 70 valence electrons. The van der Waals surface area contributed by atoms with Gasteiger partial charge in [0.05, 0.1) is 7.11 Å². The van der Waals surface area contributed by atoms with Crippen LogP contribution in [0.25, 0.3) is 0 Å². The van der Waals surface area contributed by atoms with Gasteiger partial charge in [-0.3, -0.25) is 4.79 Å². The van der Waals surface area contributed by atoms with Crippen LogP contribution in [0.1, 0.15) is 11.6 Å². The summed E-state index contributed by atoms with van der Waals surface area (Å²) in [6.07, 6.45) is 0. The monoisotopic (exact) mass is 291 g/mol. The molecule has 0 aromatic heterocycles. The predicted octanol–water partition coefficient (Wildman–Crippen LogP) is 1.46. The second kappa shape index (κ2) is 4.57. The van der Waals surface area contributed by atoms with Gasteiger partial charge in [-0.25, -0.2) is 0 Å². The number of nitrogens with two attached hydrogens (primary N) is 1. The van der Waals surface area contributed by atoms with Gasteiger partial charge in [0.2, 0.25) is 0 Å². The van der Waals surface area contributed by atoms with Crippen molar-refractivity contribution in [2.24, 2.45) is 5.73 Å². The fraction of sp³-hybridized carbons (Fsp3) is 0.222. The average molecular weight is 291 g/mol. The van der Waals surface area contributed by atoms with Crippen molar-refractivity contribution in [2.75, 3.05) is 7.11 Å². The molecule has 13 heavy (non-hydrogen) atoms. The largest absolute Gasteiger partial charge is 0.468 e. The second-order valence-corrected chi connectivity index (χ2v) is 3.68. The van der Waals surface area contributed by atoms with E-state index in [4.69, 9.17) is 5.73 Å². The summed E-state index contributed by atoms with van der Waals surface area (Å²) in [6, 6.07) is 6.79. The van der Waals surface area contributed by atoms with Crippen LogP contribution in [0.2, 0.25) is 0 Å². The summed E-state index contributed by atoms with van der Waals surface area (Å²) in [4.78, 5) is 11.1. The van der Waals surface area contributed by atoms with Crippen molar-refractivity contribution < 1.29 is 9.53 Å². The Hall–Kier alpha value is -0.620. The standard InChI is InChI=1S/C9H10INO2/c1-13-9(12)8(11)6-4-2-3-5-7(6)10/h2-5,8H,11H2,1H3/t8-/m1/s1. The molecule has 0 heterocycles. The van der Waals surface area contributed by atoms with Crippen LogP contribution in [0, 0.1) is 3.57 Å². The fourth-order valence-corrected chi connectivity index (χ4v) is 1.70. The normalized spacial score (nSPS) is 12.2. The molecule has 3 nitrogen and oxygen atoms in total. The SMILES string of the molecule is COC(=O)[C@H](N)c1ccccc1I. The lowest BCUT2D eigenvalue weighted by Gasteiger charge is -2.10. The number of methoxy groups -OCH3 is 1. The zero-order valence-electron chi connectivity index (χ0n) is 7.16. The summed E-state index contributed by atoms with van der Waals surface area (Å²) in [6.45, 7) is 0. The number of halogens is 1. The van der Waals surface area contributed by atoms with E-state index in [0.29, 0.717) is 0 Å². The minimum absolute atomic E-state index is 0.413. The number of hydrogen-bond acceptors (Lipinski definition) is 3. The molecule has 1 atom stereocenters. The maximum Gasteiger partial charge on any atom is 0.327 e. The first-order chi connectivity index (χ1) is 6.16. The highest BCUT2D eigenvalue weighted by Crippen LogP contribution is 2.18.